The van der Waals surface area contributed by atoms with Crippen LogP contribution in [0.25, 0.3) is 0 Å². The minimum absolute atomic E-state index is 0.0301. The van der Waals surface area contributed by atoms with Crippen molar-refractivity contribution in [3.63, 3.8) is 0 Å². The molecule has 1 fully saturated rings. The lowest BCUT2D eigenvalue weighted by Crippen LogP contribution is -2.14. The van der Waals surface area contributed by atoms with Crippen LogP contribution in [0.2, 0.25) is 0 Å². The molecule has 3 unspecified atom stereocenters. The largest absolute Gasteiger partial charge is 0.481 e. The monoisotopic (exact) mass is 352 g/mol. The fourth-order valence-corrected chi connectivity index (χ4v) is 3.16. The molecule has 0 heterocycles. The number of carbonyl (C=O) groups excluding carboxylic acids is 1. The molecule has 1 saturated carbocycles. The molecule has 0 bridgehead atoms. The Morgan fingerprint density at radius 2 is 2.04 bits per heavy atom. The fourth-order valence-electron chi connectivity index (χ4n) is 3.16. The van der Waals surface area contributed by atoms with Gasteiger partial charge in [0.05, 0.1) is 12.2 Å². The summed E-state index contributed by atoms with van der Waals surface area (Å²) in [6, 6.07) is 0. The highest BCUT2D eigenvalue weighted by atomic mass is 16.4. The lowest BCUT2D eigenvalue weighted by atomic mass is 9.94. The first-order valence-electron chi connectivity index (χ1n) is 9.41. The van der Waals surface area contributed by atoms with Crippen molar-refractivity contribution in [1.29, 1.82) is 0 Å². The third-order valence-electron chi connectivity index (χ3n) is 4.65. The first-order chi connectivity index (χ1) is 12.0. The van der Waals surface area contributed by atoms with Crippen LogP contribution in [0.4, 0.5) is 0 Å². The summed E-state index contributed by atoms with van der Waals surface area (Å²) in [7, 11) is 0. The van der Waals surface area contributed by atoms with Gasteiger partial charge in [0, 0.05) is 18.8 Å². The van der Waals surface area contributed by atoms with Gasteiger partial charge < -0.3 is 15.3 Å². The first-order valence-corrected chi connectivity index (χ1v) is 9.41. The quantitative estimate of drug-likeness (QED) is 0.284. The van der Waals surface area contributed by atoms with Crippen molar-refractivity contribution in [2.24, 2.45) is 5.92 Å². The maximum atomic E-state index is 12.1. The second kappa shape index (κ2) is 12.0. The third kappa shape index (κ3) is 8.45. The molecule has 25 heavy (non-hydrogen) atoms. The molecule has 0 radical (unpaired) electrons. The Labute approximate surface area is 150 Å². The summed E-state index contributed by atoms with van der Waals surface area (Å²) in [4.78, 5) is 22.5. The summed E-state index contributed by atoms with van der Waals surface area (Å²) in [5, 5.41) is 28.7. The minimum atomic E-state index is -0.798. The van der Waals surface area contributed by atoms with Crippen molar-refractivity contribution in [1.82, 2.24) is 0 Å². The topological polar surface area (TPSA) is 94.8 Å². The van der Waals surface area contributed by atoms with Gasteiger partial charge in [0.1, 0.15) is 0 Å². The number of ketones is 1. The van der Waals surface area contributed by atoms with Crippen molar-refractivity contribution < 1.29 is 24.9 Å². The highest BCUT2D eigenvalue weighted by molar-refractivity contribution is 5.98. The normalized spacial score (nSPS) is 23.6. The molecule has 0 saturated heterocycles. The molecule has 0 aromatic carbocycles. The number of carboxylic acids is 1. The van der Waals surface area contributed by atoms with E-state index in [0.29, 0.717) is 31.3 Å². The van der Waals surface area contributed by atoms with Crippen molar-refractivity contribution in [2.75, 3.05) is 0 Å². The molecule has 3 atom stereocenters. The molecule has 0 amide bonds. The predicted molar refractivity (Wildman–Crippen MR) is 97.2 cm³/mol. The number of unbranched alkanes of at least 4 members (excludes halogenated alkanes) is 3. The average Bonchev–Trinajstić information content (AvgIpc) is 2.82. The molecule has 142 valence electrons. The van der Waals surface area contributed by atoms with E-state index in [1.165, 1.54) is 0 Å². The molecular weight excluding hydrogens is 320 g/mol. The van der Waals surface area contributed by atoms with Crippen molar-refractivity contribution in [3.05, 3.63) is 23.8 Å². The van der Waals surface area contributed by atoms with E-state index in [0.717, 1.165) is 25.7 Å². The fraction of sp³-hybridized carbons (Fsp3) is 0.700. The molecule has 5 nitrogen and oxygen atoms in total. The van der Waals surface area contributed by atoms with Gasteiger partial charge in [-0.25, -0.2) is 0 Å². The number of hydrogen-bond donors (Lipinski definition) is 3. The van der Waals surface area contributed by atoms with Gasteiger partial charge in [-0.05, 0) is 37.7 Å². The maximum Gasteiger partial charge on any atom is 0.303 e. The van der Waals surface area contributed by atoms with E-state index in [1.807, 2.05) is 12.2 Å². The summed E-state index contributed by atoms with van der Waals surface area (Å²) in [6.45, 7) is 2.12. The van der Waals surface area contributed by atoms with Crippen LogP contribution in [-0.2, 0) is 9.59 Å². The summed E-state index contributed by atoms with van der Waals surface area (Å²) in [5.41, 5.74) is 0.636. The second-order valence-corrected chi connectivity index (χ2v) is 6.84. The molecule has 0 aliphatic heterocycles. The van der Waals surface area contributed by atoms with Gasteiger partial charge in [0.15, 0.2) is 5.78 Å². The molecule has 0 spiro atoms. The smallest absolute Gasteiger partial charge is 0.303 e. The van der Waals surface area contributed by atoms with Crippen molar-refractivity contribution >= 4 is 11.8 Å². The molecule has 1 rings (SSSR count). The Morgan fingerprint density at radius 3 is 2.72 bits per heavy atom. The van der Waals surface area contributed by atoms with Crippen LogP contribution >= 0.6 is 0 Å². The van der Waals surface area contributed by atoms with Gasteiger partial charge >= 0.3 is 5.97 Å². The third-order valence-corrected chi connectivity index (χ3v) is 4.65. The van der Waals surface area contributed by atoms with Gasteiger partial charge in [0.25, 0.3) is 0 Å². The molecule has 3 N–H and O–H groups in total. The maximum absolute atomic E-state index is 12.1. The summed E-state index contributed by atoms with van der Waals surface area (Å²) >= 11 is 0. The average molecular weight is 352 g/mol. The second-order valence-electron chi connectivity index (χ2n) is 6.84. The number of allylic oxidation sites excluding steroid dienone is 2. The molecule has 0 aromatic heterocycles. The van der Waals surface area contributed by atoms with Crippen LogP contribution in [0.15, 0.2) is 23.8 Å². The molecule has 1 aliphatic carbocycles. The van der Waals surface area contributed by atoms with E-state index in [1.54, 1.807) is 6.08 Å². The number of aliphatic hydroxyl groups is 2. The minimum Gasteiger partial charge on any atom is -0.481 e. The zero-order chi connectivity index (χ0) is 18.7. The van der Waals surface area contributed by atoms with Crippen LogP contribution in [0.1, 0.15) is 71.1 Å². The van der Waals surface area contributed by atoms with Gasteiger partial charge in [-0.1, -0.05) is 44.4 Å². The van der Waals surface area contributed by atoms with Crippen LogP contribution in [0.5, 0.6) is 0 Å². The number of aliphatic carboxylic acids is 1. The summed E-state index contributed by atoms with van der Waals surface area (Å²) in [6.07, 6.45) is 11.1. The van der Waals surface area contributed by atoms with E-state index in [4.69, 9.17) is 5.11 Å². The Kier molecular flexibility index (Phi) is 10.3. The van der Waals surface area contributed by atoms with E-state index >= 15 is 0 Å². The Bertz CT molecular complexity index is 480. The summed E-state index contributed by atoms with van der Waals surface area (Å²) in [5.74, 6) is -1.04. The summed E-state index contributed by atoms with van der Waals surface area (Å²) < 4.78 is 0. The number of rotatable bonds is 12. The highest BCUT2D eigenvalue weighted by Crippen LogP contribution is 2.32. The zero-order valence-corrected chi connectivity index (χ0v) is 15.2. The van der Waals surface area contributed by atoms with Gasteiger partial charge in [-0.3, -0.25) is 9.59 Å². The van der Waals surface area contributed by atoms with E-state index in [9.17, 15) is 19.8 Å². The molecule has 0 aromatic rings. The lowest BCUT2D eigenvalue weighted by molar-refractivity contribution is -0.137. The van der Waals surface area contributed by atoms with Gasteiger partial charge in [-0.15, -0.1) is 0 Å². The zero-order valence-electron chi connectivity index (χ0n) is 15.2. The number of hydrogen-bond acceptors (Lipinski definition) is 4. The molecule has 1 aliphatic rings. The Hall–Kier alpha value is -1.46. The number of carbonyl (C=O) groups is 2. The standard InChI is InChI=1S/C20H32O5/c1-2-3-6-9-15(21)12-13-17-16(18(22)14-19(17)23)10-7-4-5-8-11-20(24)25/h4,7,13,15-16,18,21-22H,2-3,5-6,8-12,14H2,1H3,(H,24,25)/b7-4-,17-13+. The SMILES string of the molecule is CCCCCC(O)C/C=C1/C(=O)CC(O)C1C/C=C\CCCC(=O)O. The first kappa shape index (κ1) is 21.6. The Balaban J connectivity index is 2.49. The van der Waals surface area contributed by atoms with Crippen LogP contribution < -0.4 is 0 Å². The predicted octanol–water partition coefficient (Wildman–Crippen LogP) is 3.40. The van der Waals surface area contributed by atoms with E-state index < -0.39 is 18.2 Å². The van der Waals surface area contributed by atoms with Crippen molar-refractivity contribution in [3.8, 4) is 0 Å². The van der Waals surface area contributed by atoms with E-state index in [-0.39, 0.29) is 24.5 Å². The number of aliphatic hydroxyl groups excluding tert-OH is 2. The number of Topliss-reactive ketones (excluding diaryl/α,β-unsaturated/α-hetero) is 1. The molecule has 5 heteroatoms. The molecular formula is C20H32O5. The van der Waals surface area contributed by atoms with E-state index in [2.05, 4.69) is 6.92 Å². The highest BCUT2D eigenvalue weighted by Gasteiger charge is 2.35. The van der Waals surface area contributed by atoms with Gasteiger partial charge in [-0.2, -0.15) is 0 Å². The Morgan fingerprint density at radius 1 is 1.28 bits per heavy atom. The lowest BCUT2D eigenvalue weighted by Gasteiger charge is -2.14. The number of carboxylic acid groups (broad SMARTS) is 1. The van der Waals surface area contributed by atoms with Gasteiger partial charge in [0.2, 0.25) is 0 Å². The van der Waals surface area contributed by atoms with Crippen LogP contribution in [0, 0.1) is 5.92 Å². The van der Waals surface area contributed by atoms with Crippen molar-refractivity contribution in [2.45, 2.75) is 83.3 Å². The van der Waals surface area contributed by atoms with Crippen LogP contribution in [-0.4, -0.2) is 39.3 Å². The van der Waals surface area contributed by atoms with Crippen LogP contribution in [0.3, 0.4) is 0 Å².